The number of rotatable bonds is 6. The van der Waals surface area contributed by atoms with Crippen molar-refractivity contribution in [2.45, 2.75) is 25.9 Å². The number of nitrogens with one attached hydrogen (secondary N) is 2. The molecule has 2 N–H and O–H groups in total. The van der Waals surface area contributed by atoms with Crippen LogP contribution in [0.15, 0.2) is 72.8 Å². The van der Waals surface area contributed by atoms with Crippen LogP contribution in [0.5, 0.6) is 0 Å². The summed E-state index contributed by atoms with van der Waals surface area (Å²) >= 11 is 0. The van der Waals surface area contributed by atoms with Gasteiger partial charge in [0.2, 0.25) is 0 Å². The Labute approximate surface area is 201 Å². The van der Waals surface area contributed by atoms with E-state index in [1.165, 1.54) is 11.1 Å². The Balaban J connectivity index is 1.48. The molecule has 0 fully saturated rings. The molecule has 0 bridgehead atoms. The lowest BCUT2D eigenvalue weighted by Crippen LogP contribution is -2.43. The van der Waals surface area contributed by atoms with Crippen molar-refractivity contribution in [2.75, 3.05) is 37.4 Å². The predicted molar refractivity (Wildman–Crippen MR) is 137 cm³/mol. The molecule has 0 saturated heterocycles. The van der Waals surface area contributed by atoms with Gasteiger partial charge in [0.25, 0.3) is 0 Å². The van der Waals surface area contributed by atoms with E-state index in [4.69, 9.17) is 0 Å². The molecule has 1 aliphatic rings. The van der Waals surface area contributed by atoms with Gasteiger partial charge < -0.3 is 15.5 Å². The van der Waals surface area contributed by atoms with Gasteiger partial charge in [-0.25, -0.2) is 0 Å². The van der Waals surface area contributed by atoms with Crippen LogP contribution in [-0.2, 0) is 22.6 Å². The highest BCUT2D eigenvalue weighted by molar-refractivity contribution is 6.39. The number of benzene rings is 3. The van der Waals surface area contributed by atoms with Crippen molar-refractivity contribution in [1.29, 1.82) is 0 Å². The fourth-order valence-corrected chi connectivity index (χ4v) is 4.33. The summed E-state index contributed by atoms with van der Waals surface area (Å²) in [6.45, 7) is 4.02. The number of carbonyl (C=O) groups is 2. The van der Waals surface area contributed by atoms with E-state index in [-0.39, 0.29) is 6.04 Å². The molecule has 3 aromatic carbocycles. The topological polar surface area (TPSA) is 64.7 Å². The lowest BCUT2D eigenvalue weighted by atomic mass is 9.96. The van der Waals surface area contributed by atoms with E-state index in [0.717, 1.165) is 36.3 Å². The quantitative estimate of drug-likeness (QED) is 0.552. The second-order valence-corrected chi connectivity index (χ2v) is 9.02. The van der Waals surface area contributed by atoms with Crippen molar-refractivity contribution < 1.29 is 9.59 Å². The van der Waals surface area contributed by atoms with Crippen LogP contribution in [-0.4, -0.2) is 43.9 Å². The first-order valence-corrected chi connectivity index (χ1v) is 11.6. The van der Waals surface area contributed by atoms with Gasteiger partial charge in [-0.2, -0.15) is 0 Å². The number of carbonyl (C=O) groups excluding carboxylic acids is 2. The first-order chi connectivity index (χ1) is 16.4. The smallest absolute Gasteiger partial charge is 0.313 e. The lowest BCUT2D eigenvalue weighted by molar-refractivity contribution is -0.136. The first kappa shape index (κ1) is 23.5. The summed E-state index contributed by atoms with van der Waals surface area (Å²) < 4.78 is 0. The highest BCUT2D eigenvalue weighted by Gasteiger charge is 2.26. The second-order valence-electron chi connectivity index (χ2n) is 9.02. The molecule has 1 atom stereocenters. The third-order valence-electron chi connectivity index (χ3n) is 6.37. The van der Waals surface area contributed by atoms with Crippen LogP contribution in [0.1, 0.15) is 28.3 Å². The van der Waals surface area contributed by atoms with E-state index >= 15 is 0 Å². The Morgan fingerprint density at radius 1 is 0.912 bits per heavy atom. The maximum absolute atomic E-state index is 12.6. The van der Waals surface area contributed by atoms with Crippen molar-refractivity contribution in [1.82, 2.24) is 10.2 Å². The molecule has 34 heavy (non-hydrogen) atoms. The minimum absolute atomic E-state index is 0.0410. The summed E-state index contributed by atoms with van der Waals surface area (Å²) in [4.78, 5) is 29.5. The zero-order valence-electron chi connectivity index (χ0n) is 20.0. The molecule has 4 rings (SSSR count). The minimum atomic E-state index is -0.658. The standard InChI is InChI=1S/C28H32N4O2/c1-20-8-12-24(13-9-20)30-28(34)27(33)29-18-26(22-10-14-25(15-11-22)31(2)3)32-17-16-21-6-4-5-7-23(21)19-32/h4-15,26H,16-19H2,1-3H3,(H,29,33)(H,30,34). The monoisotopic (exact) mass is 456 g/mol. The van der Waals surface area contributed by atoms with Crippen molar-refractivity contribution in [3.8, 4) is 0 Å². The Morgan fingerprint density at radius 2 is 1.59 bits per heavy atom. The summed E-state index contributed by atoms with van der Waals surface area (Å²) in [7, 11) is 4.03. The van der Waals surface area contributed by atoms with Crippen LogP contribution >= 0.6 is 0 Å². The molecule has 0 aromatic heterocycles. The van der Waals surface area contributed by atoms with Gasteiger partial charge in [-0.3, -0.25) is 14.5 Å². The largest absolute Gasteiger partial charge is 0.378 e. The summed E-state index contributed by atoms with van der Waals surface area (Å²) in [5.41, 5.74) is 6.62. The molecule has 1 heterocycles. The Morgan fingerprint density at radius 3 is 2.26 bits per heavy atom. The molecular formula is C28H32N4O2. The molecule has 2 amide bonds. The van der Waals surface area contributed by atoms with Gasteiger partial charge in [0.05, 0.1) is 6.04 Å². The third-order valence-corrected chi connectivity index (χ3v) is 6.37. The molecule has 1 aliphatic heterocycles. The van der Waals surface area contributed by atoms with Crippen molar-refractivity contribution in [3.63, 3.8) is 0 Å². The van der Waals surface area contributed by atoms with Crippen LogP contribution < -0.4 is 15.5 Å². The van der Waals surface area contributed by atoms with Crippen LogP contribution in [0.2, 0.25) is 0 Å². The molecule has 6 nitrogen and oxygen atoms in total. The second kappa shape index (κ2) is 10.5. The number of nitrogens with zero attached hydrogens (tertiary/aromatic N) is 2. The van der Waals surface area contributed by atoms with E-state index in [1.807, 2.05) is 33.2 Å². The van der Waals surface area contributed by atoms with Gasteiger partial charge in [0.15, 0.2) is 0 Å². The first-order valence-electron chi connectivity index (χ1n) is 11.6. The average molecular weight is 457 g/mol. The number of aryl methyl sites for hydroxylation is 1. The van der Waals surface area contributed by atoms with Gasteiger partial charge in [0.1, 0.15) is 0 Å². The van der Waals surface area contributed by atoms with Gasteiger partial charge in [-0.1, -0.05) is 54.1 Å². The SMILES string of the molecule is Cc1ccc(NC(=O)C(=O)NCC(c2ccc(N(C)C)cc2)N2CCc3ccccc3C2)cc1. The van der Waals surface area contributed by atoms with Gasteiger partial charge in [0, 0.05) is 45.1 Å². The molecule has 176 valence electrons. The third kappa shape index (κ3) is 5.64. The summed E-state index contributed by atoms with van der Waals surface area (Å²) in [6, 6.07) is 24.2. The Kier molecular flexibility index (Phi) is 7.28. The Hall–Kier alpha value is -3.64. The fraction of sp³-hybridized carbons (Fsp3) is 0.286. The zero-order chi connectivity index (χ0) is 24.1. The predicted octanol–water partition coefficient (Wildman–Crippen LogP) is 3.92. The van der Waals surface area contributed by atoms with E-state index in [0.29, 0.717) is 12.2 Å². The Bertz CT molecular complexity index is 1140. The number of hydrogen-bond donors (Lipinski definition) is 2. The van der Waals surface area contributed by atoms with E-state index in [9.17, 15) is 9.59 Å². The normalized spacial score (nSPS) is 14.1. The minimum Gasteiger partial charge on any atom is -0.378 e. The molecule has 0 radical (unpaired) electrons. The summed E-state index contributed by atoms with van der Waals surface area (Å²) in [6.07, 6.45) is 0.963. The van der Waals surface area contributed by atoms with Crippen LogP contribution in [0.25, 0.3) is 0 Å². The lowest BCUT2D eigenvalue weighted by Gasteiger charge is -2.36. The molecular weight excluding hydrogens is 424 g/mol. The number of fused-ring (bicyclic) bond motifs is 1. The zero-order valence-corrected chi connectivity index (χ0v) is 20.0. The average Bonchev–Trinajstić information content (AvgIpc) is 2.85. The van der Waals surface area contributed by atoms with Crippen LogP contribution in [0.4, 0.5) is 11.4 Å². The van der Waals surface area contributed by atoms with Gasteiger partial charge >= 0.3 is 11.8 Å². The number of anilines is 2. The van der Waals surface area contributed by atoms with Gasteiger partial charge in [-0.15, -0.1) is 0 Å². The molecule has 3 aromatic rings. The molecule has 1 unspecified atom stereocenters. The van der Waals surface area contributed by atoms with Crippen LogP contribution in [0, 0.1) is 6.92 Å². The molecule has 0 saturated carbocycles. The van der Waals surface area contributed by atoms with Crippen molar-refractivity contribution in [3.05, 3.63) is 95.1 Å². The highest BCUT2D eigenvalue weighted by atomic mass is 16.2. The van der Waals surface area contributed by atoms with E-state index < -0.39 is 11.8 Å². The van der Waals surface area contributed by atoms with Crippen molar-refractivity contribution in [2.24, 2.45) is 0 Å². The summed E-state index contributed by atoms with van der Waals surface area (Å²) in [5.74, 6) is -1.29. The maximum Gasteiger partial charge on any atom is 0.313 e. The highest BCUT2D eigenvalue weighted by Crippen LogP contribution is 2.28. The maximum atomic E-state index is 12.6. The summed E-state index contributed by atoms with van der Waals surface area (Å²) in [5, 5.41) is 5.54. The number of amides is 2. The molecule has 0 aliphatic carbocycles. The van der Waals surface area contributed by atoms with E-state index in [1.54, 1.807) is 12.1 Å². The van der Waals surface area contributed by atoms with E-state index in [2.05, 4.69) is 69.0 Å². The fourth-order valence-electron chi connectivity index (χ4n) is 4.33. The molecule has 6 heteroatoms. The van der Waals surface area contributed by atoms with Crippen molar-refractivity contribution >= 4 is 23.2 Å². The number of hydrogen-bond acceptors (Lipinski definition) is 4. The molecule has 0 spiro atoms. The van der Waals surface area contributed by atoms with Gasteiger partial charge in [-0.05, 0) is 54.3 Å². The van der Waals surface area contributed by atoms with Crippen LogP contribution in [0.3, 0.4) is 0 Å².